The van der Waals surface area contributed by atoms with Crippen molar-refractivity contribution in [3.8, 4) is 22.8 Å². The molecule has 1 fully saturated rings. The Bertz CT molecular complexity index is 1120. The van der Waals surface area contributed by atoms with Crippen LogP contribution in [0.25, 0.3) is 22.3 Å². The lowest BCUT2D eigenvalue weighted by Gasteiger charge is -2.40. The van der Waals surface area contributed by atoms with Crippen molar-refractivity contribution in [3.63, 3.8) is 0 Å². The number of aromatic hydroxyl groups is 2. The van der Waals surface area contributed by atoms with Crippen molar-refractivity contribution in [3.05, 3.63) is 58.3 Å². The molecule has 9 heteroatoms. The number of aliphatic hydroxyl groups is 4. The van der Waals surface area contributed by atoms with Crippen molar-refractivity contribution in [1.82, 2.24) is 0 Å². The molecule has 0 aliphatic carbocycles. The SMILES string of the molecule is O=c1cc(-c2ccccc2)oc2c(C3O[C@H](CO)[C@@H](O)[C@H](O)[C@H]3O)c(O)cc(O)c12. The number of aliphatic hydroxyl groups excluding tert-OH is 4. The van der Waals surface area contributed by atoms with E-state index in [2.05, 4.69) is 0 Å². The van der Waals surface area contributed by atoms with Gasteiger partial charge in [0, 0.05) is 17.7 Å². The normalized spacial score (nSPS) is 26.7. The van der Waals surface area contributed by atoms with Gasteiger partial charge in [0.05, 0.1) is 12.2 Å². The van der Waals surface area contributed by atoms with Gasteiger partial charge in [0.25, 0.3) is 0 Å². The van der Waals surface area contributed by atoms with Crippen LogP contribution in [0.5, 0.6) is 11.5 Å². The second-order valence-electron chi connectivity index (χ2n) is 7.12. The number of benzene rings is 2. The van der Waals surface area contributed by atoms with Crippen LogP contribution in [0.3, 0.4) is 0 Å². The van der Waals surface area contributed by atoms with Gasteiger partial charge in [-0.15, -0.1) is 0 Å². The number of ether oxygens (including phenoxy) is 1. The number of hydrogen-bond donors (Lipinski definition) is 6. The van der Waals surface area contributed by atoms with E-state index < -0.39 is 54.1 Å². The van der Waals surface area contributed by atoms with Gasteiger partial charge in [-0.1, -0.05) is 30.3 Å². The number of phenols is 2. The summed E-state index contributed by atoms with van der Waals surface area (Å²) in [6, 6.07) is 10.7. The fourth-order valence-electron chi connectivity index (χ4n) is 3.68. The third-order valence-corrected chi connectivity index (χ3v) is 5.23. The van der Waals surface area contributed by atoms with E-state index in [1.807, 2.05) is 0 Å². The molecule has 30 heavy (non-hydrogen) atoms. The smallest absolute Gasteiger partial charge is 0.197 e. The van der Waals surface area contributed by atoms with Gasteiger partial charge in [-0.25, -0.2) is 0 Å². The molecule has 3 aromatic rings. The molecule has 1 aliphatic heterocycles. The zero-order valence-electron chi connectivity index (χ0n) is 15.5. The molecular weight excluding hydrogens is 396 g/mol. The second kappa shape index (κ2) is 7.71. The fraction of sp³-hybridized carbons (Fsp3) is 0.286. The van der Waals surface area contributed by atoms with Crippen molar-refractivity contribution in [2.75, 3.05) is 6.61 Å². The van der Waals surface area contributed by atoms with E-state index in [4.69, 9.17) is 9.15 Å². The van der Waals surface area contributed by atoms with Crippen molar-refractivity contribution in [2.45, 2.75) is 30.5 Å². The van der Waals surface area contributed by atoms with Gasteiger partial charge >= 0.3 is 0 Å². The molecule has 0 amide bonds. The molecule has 1 saturated heterocycles. The number of hydrogen-bond acceptors (Lipinski definition) is 9. The van der Waals surface area contributed by atoms with E-state index in [0.717, 1.165) is 6.07 Å². The van der Waals surface area contributed by atoms with Crippen LogP contribution in [0.1, 0.15) is 11.7 Å². The monoisotopic (exact) mass is 416 g/mol. The Kier molecular flexibility index (Phi) is 5.22. The van der Waals surface area contributed by atoms with Crippen LogP contribution in [0.4, 0.5) is 0 Å². The topological polar surface area (TPSA) is 161 Å². The minimum Gasteiger partial charge on any atom is -0.507 e. The summed E-state index contributed by atoms with van der Waals surface area (Å²) in [5.74, 6) is -0.953. The van der Waals surface area contributed by atoms with Gasteiger partial charge in [0.15, 0.2) is 11.0 Å². The van der Waals surface area contributed by atoms with E-state index in [-0.39, 0.29) is 22.3 Å². The Labute approximate surface area is 169 Å². The van der Waals surface area contributed by atoms with Crippen LogP contribution in [0.2, 0.25) is 0 Å². The average Bonchev–Trinajstić information content (AvgIpc) is 2.73. The van der Waals surface area contributed by atoms with E-state index in [0.29, 0.717) is 5.56 Å². The fourth-order valence-corrected chi connectivity index (χ4v) is 3.68. The molecule has 9 nitrogen and oxygen atoms in total. The predicted octanol–water partition coefficient (Wildman–Crippen LogP) is 0.386. The van der Waals surface area contributed by atoms with Crippen molar-refractivity contribution in [2.24, 2.45) is 0 Å². The van der Waals surface area contributed by atoms with E-state index in [9.17, 15) is 35.4 Å². The molecule has 2 aromatic carbocycles. The van der Waals surface area contributed by atoms with Gasteiger partial charge < -0.3 is 39.8 Å². The van der Waals surface area contributed by atoms with Crippen LogP contribution in [-0.4, -0.2) is 61.7 Å². The standard InChI is InChI=1S/C21H20O9/c22-8-14-17(26)18(27)19(28)21(30-14)16-11(24)6-10(23)15-12(25)7-13(29-20(15)16)9-4-2-1-3-5-9/h1-7,14,17-19,21-24,26-28H,8H2/t14-,17-,18+,19-,21?/m1/s1. The lowest BCUT2D eigenvalue weighted by Crippen LogP contribution is -2.55. The molecule has 2 heterocycles. The highest BCUT2D eigenvalue weighted by Gasteiger charge is 2.46. The summed E-state index contributed by atoms with van der Waals surface area (Å²) in [6.07, 6.45) is -7.71. The second-order valence-corrected chi connectivity index (χ2v) is 7.12. The summed E-state index contributed by atoms with van der Waals surface area (Å²) >= 11 is 0. The first-order valence-electron chi connectivity index (χ1n) is 9.22. The molecule has 0 spiro atoms. The molecule has 0 radical (unpaired) electrons. The quantitative estimate of drug-likeness (QED) is 0.355. The lowest BCUT2D eigenvalue weighted by atomic mass is 9.89. The largest absolute Gasteiger partial charge is 0.507 e. The summed E-state index contributed by atoms with van der Waals surface area (Å²) < 4.78 is 11.4. The van der Waals surface area contributed by atoms with E-state index in [1.54, 1.807) is 30.3 Å². The van der Waals surface area contributed by atoms with E-state index in [1.165, 1.54) is 6.07 Å². The van der Waals surface area contributed by atoms with Crippen LogP contribution in [-0.2, 0) is 4.74 Å². The first-order chi connectivity index (χ1) is 14.3. The van der Waals surface area contributed by atoms with Crippen LogP contribution in [0, 0.1) is 0 Å². The molecule has 1 aromatic heterocycles. The summed E-state index contributed by atoms with van der Waals surface area (Å²) in [6.45, 7) is -0.669. The van der Waals surface area contributed by atoms with Gasteiger partial charge in [0.2, 0.25) is 0 Å². The zero-order chi connectivity index (χ0) is 21.6. The van der Waals surface area contributed by atoms with Crippen LogP contribution in [0.15, 0.2) is 51.7 Å². The number of rotatable bonds is 3. The molecule has 158 valence electrons. The number of phenolic OH excluding ortho intramolecular Hbond substituents is 2. The Morgan fingerprint density at radius 3 is 2.27 bits per heavy atom. The highest BCUT2D eigenvalue weighted by Crippen LogP contribution is 2.43. The maximum Gasteiger partial charge on any atom is 0.197 e. The lowest BCUT2D eigenvalue weighted by molar-refractivity contribution is -0.231. The third-order valence-electron chi connectivity index (χ3n) is 5.23. The third kappa shape index (κ3) is 3.22. The molecule has 4 rings (SSSR count). The highest BCUT2D eigenvalue weighted by atomic mass is 16.5. The van der Waals surface area contributed by atoms with Crippen LogP contribution < -0.4 is 5.43 Å². The first kappa shape index (κ1) is 20.3. The predicted molar refractivity (Wildman–Crippen MR) is 104 cm³/mol. The Hall–Kier alpha value is -2.95. The zero-order valence-corrected chi connectivity index (χ0v) is 15.5. The summed E-state index contributed by atoms with van der Waals surface area (Å²) in [5.41, 5.74) is -0.490. The van der Waals surface area contributed by atoms with Crippen LogP contribution >= 0.6 is 0 Å². The summed E-state index contributed by atoms with van der Waals surface area (Å²) in [4.78, 5) is 12.7. The minimum absolute atomic E-state index is 0.143. The van der Waals surface area contributed by atoms with Crippen molar-refractivity contribution in [1.29, 1.82) is 0 Å². The van der Waals surface area contributed by atoms with Gasteiger partial charge in [0.1, 0.15) is 53.2 Å². The maximum absolute atomic E-state index is 12.7. The Morgan fingerprint density at radius 2 is 1.60 bits per heavy atom. The minimum atomic E-state index is -1.72. The molecule has 1 aliphatic rings. The molecular formula is C21H20O9. The van der Waals surface area contributed by atoms with E-state index >= 15 is 0 Å². The van der Waals surface area contributed by atoms with Crippen molar-refractivity contribution < 1.29 is 39.8 Å². The molecule has 1 unspecified atom stereocenters. The van der Waals surface area contributed by atoms with Crippen molar-refractivity contribution >= 4 is 11.0 Å². The number of fused-ring (bicyclic) bond motifs is 1. The Morgan fingerprint density at radius 1 is 0.900 bits per heavy atom. The summed E-state index contributed by atoms with van der Waals surface area (Å²) in [5, 5.41) is 60.5. The van der Waals surface area contributed by atoms with Gasteiger partial charge in [-0.3, -0.25) is 4.79 Å². The maximum atomic E-state index is 12.7. The molecule has 5 atom stereocenters. The molecule has 6 N–H and O–H groups in total. The van der Waals surface area contributed by atoms with Gasteiger partial charge in [-0.05, 0) is 0 Å². The molecule has 0 saturated carbocycles. The first-order valence-corrected chi connectivity index (χ1v) is 9.22. The average molecular weight is 416 g/mol. The summed E-state index contributed by atoms with van der Waals surface area (Å²) in [7, 11) is 0. The highest BCUT2D eigenvalue weighted by molar-refractivity contribution is 5.89. The van der Waals surface area contributed by atoms with Gasteiger partial charge in [-0.2, -0.15) is 0 Å². The Balaban J connectivity index is 1.97. The molecule has 0 bridgehead atoms.